The second-order valence-electron chi connectivity index (χ2n) is 9.02. The molecule has 0 spiro atoms. The predicted octanol–water partition coefficient (Wildman–Crippen LogP) is 6.25. The van der Waals surface area contributed by atoms with Gasteiger partial charge in [0.2, 0.25) is 0 Å². The first-order valence-corrected chi connectivity index (χ1v) is 10.3. The molecule has 150 valence electrons. The predicted molar refractivity (Wildman–Crippen MR) is 107 cm³/mol. The lowest BCUT2D eigenvalue weighted by molar-refractivity contribution is 0.187. The highest BCUT2D eigenvalue weighted by Crippen LogP contribution is 2.42. The third-order valence-corrected chi connectivity index (χ3v) is 5.66. The van der Waals surface area contributed by atoms with Crippen LogP contribution in [-0.2, 0) is 0 Å². The maximum absolute atomic E-state index is 10.00. The highest BCUT2D eigenvalue weighted by Gasteiger charge is 2.44. The van der Waals surface area contributed by atoms with Crippen LogP contribution in [0.15, 0.2) is 20.5 Å². The Morgan fingerprint density at radius 1 is 1.07 bits per heavy atom. The first-order valence-electron chi connectivity index (χ1n) is 10.3. The van der Waals surface area contributed by atoms with Crippen molar-refractivity contribution in [3.8, 4) is 12.1 Å². The Labute approximate surface area is 165 Å². The van der Waals surface area contributed by atoms with E-state index in [1.807, 2.05) is 20.8 Å². The minimum absolute atomic E-state index is 0.0810. The van der Waals surface area contributed by atoms with Gasteiger partial charge >= 0.3 is 0 Å². The maximum Gasteiger partial charge on any atom is 0.170 e. The van der Waals surface area contributed by atoms with Crippen LogP contribution in [0.1, 0.15) is 86.5 Å². The zero-order valence-corrected chi connectivity index (χ0v) is 18.0. The van der Waals surface area contributed by atoms with Crippen molar-refractivity contribution in [1.29, 1.82) is 10.5 Å². The van der Waals surface area contributed by atoms with E-state index in [1.54, 1.807) is 0 Å². The number of azo groups is 2. The van der Waals surface area contributed by atoms with Gasteiger partial charge in [0.05, 0.1) is 35.7 Å². The van der Waals surface area contributed by atoms with Crippen molar-refractivity contribution >= 4 is 0 Å². The van der Waals surface area contributed by atoms with Crippen LogP contribution in [0.3, 0.4) is 0 Å². The molecular weight excluding hydrogens is 336 g/mol. The van der Waals surface area contributed by atoms with Gasteiger partial charge in [-0.05, 0) is 66.2 Å². The molecule has 0 radical (unpaired) electrons. The van der Waals surface area contributed by atoms with E-state index in [-0.39, 0.29) is 22.9 Å². The Balaban J connectivity index is 2.95. The van der Waals surface area contributed by atoms with Crippen molar-refractivity contribution in [2.45, 2.75) is 103 Å². The molecule has 1 aliphatic rings. The van der Waals surface area contributed by atoms with E-state index >= 15 is 0 Å². The molecule has 6 nitrogen and oxygen atoms in total. The molecule has 0 aromatic heterocycles. The molecule has 27 heavy (non-hydrogen) atoms. The zero-order valence-electron chi connectivity index (χ0n) is 18.0. The lowest BCUT2D eigenvalue weighted by atomic mass is 9.69. The highest BCUT2D eigenvalue weighted by atomic mass is 15.2. The van der Waals surface area contributed by atoms with E-state index in [9.17, 15) is 5.26 Å². The van der Waals surface area contributed by atoms with Crippen molar-refractivity contribution < 1.29 is 0 Å². The van der Waals surface area contributed by atoms with Gasteiger partial charge in [0.15, 0.2) is 5.54 Å². The summed E-state index contributed by atoms with van der Waals surface area (Å²) in [6.07, 6.45) is 6.27. The van der Waals surface area contributed by atoms with Crippen LogP contribution in [-0.4, -0.2) is 23.2 Å². The highest BCUT2D eigenvalue weighted by molar-refractivity contribution is 5.13. The Hall–Kier alpha value is -1.82. The van der Waals surface area contributed by atoms with E-state index in [4.69, 9.17) is 5.26 Å². The third kappa shape index (κ3) is 7.01. The van der Waals surface area contributed by atoms with E-state index in [1.165, 1.54) is 0 Å². The van der Waals surface area contributed by atoms with Gasteiger partial charge in [-0.1, -0.05) is 20.3 Å². The van der Waals surface area contributed by atoms with Crippen LogP contribution in [0, 0.1) is 34.5 Å². The molecule has 0 amide bonds. The minimum atomic E-state index is -0.754. The number of rotatable bonds is 9. The number of hydrogen-bond acceptors (Lipinski definition) is 6. The van der Waals surface area contributed by atoms with Gasteiger partial charge in [0.1, 0.15) is 0 Å². The molecule has 0 bridgehead atoms. The Kier molecular flexibility index (Phi) is 8.54. The largest absolute Gasteiger partial charge is 0.198 e. The molecule has 0 aliphatic heterocycles. The Morgan fingerprint density at radius 3 is 2.33 bits per heavy atom. The van der Waals surface area contributed by atoms with Gasteiger partial charge in [-0.2, -0.15) is 31.0 Å². The topological polar surface area (TPSA) is 97.0 Å². The van der Waals surface area contributed by atoms with Crippen molar-refractivity contribution in [3.63, 3.8) is 0 Å². The molecule has 3 atom stereocenters. The zero-order chi connectivity index (χ0) is 20.6. The monoisotopic (exact) mass is 372 g/mol. The molecule has 0 heterocycles. The summed E-state index contributed by atoms with van der Waals surface area (Å²) >= 11 is 0. The summed E-state index contributed by atoms with van der Waals surface area (Å²) in [7, 11) is 0. The first kappa shape index (κ1) is 23.2. The van der Waals surface area contributed by atoms with Gasteiger partial charge in [0.25, 0.3) is 0 Å². The lowest BCUT2D eigenvalue weighted by Crippen LogP contribution is -2.41. The molecule has 3 unspecified atom stereocenters. The molecule has 6 heteroatoms. The maximum atomic E-state index is 10.00. The van der Waals surface area contributed by atoms with Crippen molar-refractivity contribution in [3.05, 3.63) is 0 Å². The van der Waals surface area contributed by atoms with Crippen molar-refractivity contribution in [2.75, 3.05) is 6.54 Å². The van der Waals surface area contributed by atoms with Crippen LogP contribution in [0.4, 0.5) is 0 Å². The quantitative estimate of drug-likeness (QED) is 0.447. The van der Waals surface area contributed by atoms with Gasteiger partial charge in [0, 0.05) is 5.92 Å². The fourth-order valence-corrected chi connectivity index (χ4v) is 3.33. The van der Waals surface area contributed by atoms with Crippen LogP contribution in [0.2, 0.25) is 0 Å². The number of hydrogen-bond donors (Lipinski definition) is 0. The van der Waals surface area contributed by atoms with Crippen LogP contribution < -0.4 is 0 Å². The van der Waals surface area contributed by atoms with Crippen molar-refractivity contribution in [2.24, 2.45) is 32.3 Å². The summed E-state index contributed by atoms with van der Waals surface area (Å²) in [5.41, 5.74) is -1.38. The summed E-state index contributed by atoms with van der Waals surface area (Å²) in [5.74, 6) is 0.0436. The smallest absolute Gasteiger partial charge is 0.170 e. The second kappa shape index (κ2) is 9.93. The SMILES string of the molecule is CCC(C#N)CN=NC(C)(C)CC1CCCCC1(C#N)N=NC(C)(C)CC. The number of nitrogens with zero attached hydrogens (tertiary/aromatic N) is 6. The van der Waals surface area contributed by atoms with E-state index in [0.29, 0.717) is 6.54 Å². The molecule has 0 N–H and O–H groups in total. The standard InChI is InChI=1S/C21H36N6/c1-7-17(14-22)15-24-25-20(5,6)13-18-11-9-10-12-21(18,16-23)27-26-19(3,4)8-2/h17-18H,7-13,15H2,1-6H3. The third-order valence-electron chi connectivity index (χ3n) is 5.66. The molecule has 1 rings (SSSR count). The van der Waals surface area contributed by atoms with Crippen LogP contribution in [0.25, 0.3) is 0 Å². The first-order chi connectivity index (χ1) is 12.6. The van der Waals surface area contributed by atoms with Crippen molar-refractivity contribution in [1.82, 2.24) is 0 Å². The van der Waals surface area contributed by atoms with E-state index < -0.39 is 5.54 Å². The molecule has 0 aromatic carbocycles. The summed E-state index contributed by atoms with van der Waals surface area (Å²) in [4.78, 5) is 0. The van der Waals surface area contributed by atoms with E-state index in [0.717, 1.165) is 44.9 Å². The summed E-state index contributed by atoms with van der Waals surface area (Å²) < 4.78 is 0. The van der Waals surface area contributed by atoms with Gasteiger partial charge in [-0.25, -0.2) is 0 Å². The normalized spacial score (nSPS) is 25.4. The van der Waals surface area contributed by atoms with Crippen LogP contribution in [0.5, 0.6) is 0 Å². The lowest BCUT2D eigenvalue weighted by Gasteiger charge is -2.38. The molecule has 1 saturated carbocycles. The fraction of sp³-hybridized carbons (Fsp3) is 0.905. The summed E-state index contributed by atoms with van der Waals surface area (Å²) in [5, 5.41) is 37.0. The second-order valence-corrected chi connectivity index (χ2v) is 9.02. The van der Waals surface area contributed by atoms with Gasteiger partial charge in [-0.3, -0.25) is 0 Å². The summed E-state index contributed by atoms with van der Waals surface area (Å²) in [6, 6.07) is 4.76. The molecular formula is C21H36N6. The average molecular weight is 373 g/mol. The van der Waals surface area contributed by atoms with E-state index in [2.05, 4.69) is 53.4 Å². The Bertz CT molecular complexity index is 607. The molecule has 1 fully saturated rings. The van der Waals surface area contributed by atoms with Gasteiger partial charge < -0.3 is 0 Å². The van der Waals surface area contributed by atoms with Gasteiger partial charge in [-0.15, -0.1) is 0 Å². The average Bonchev–Trinajstić information content (AvgIpc) is 2.64. The Morgan fingerprint density at radius 2 is 1.78 bits per heavy atom. The molecule has 1 aliphatic carbocycles. The molecule has 0 aromatic rings. The fourth-order valence-electron chi connectivity index (χ4n) is 3.33. The summed E-state index contributed by atoms with van der Waals surface area (Å²) in [6.45, 7) is 12.7. The van der Waals surface area contributed by atoms with Crippen LogP contribution >= 0.6 is 0 Å². The number of nitriles is 2. The minimum Gasteiger partial charge on any atom is -0.198 e. The molecule has 0 saturated heterocycles.